The minimum atomic E-state index is -3.55. The standard InChI is InChI=1S/C16H21N3O2S/c1-11-9-14-5-4-6-15(16(14)18-10-11)22(20,21)19-8-7-17-12(2)13(19)3/h4-6,9-10,12-13,17H,7-8H2,1-3H3. The van der Waals surface area contributed by atoms with Crippen molar-refractivity contribution in [1.29, 1.82) is 0 Å². The summed E-state index contributed by atoms with van der Waals surface area (Å²) in [7, 11) is -3.55. The van der Waals surface area contributed by atoms with Gasteiger partial charge >= 0.3 is 0 Å². The average Bonchev–Trinajstić information content (AvgIpc) is 2.48. The van der Waals surface area contributed by atoms with Crippen LogP contribution in [-0.2, 0) is 10.0 Å². The highest BCUT2D eigenvalue weighted by Gasteiger charge is 2.35. The molecule has 0 radical (unpaired) electrons. The Bertz CT molecular complexity index is 804. The van der Waals surface area contributed by atoms with Crippen LogP contribution in [0.3, 0.4) is 0 Å². The molecular weight excluding hydrogens is 298 g/mol. The number of nitrogens with one attached hydrogen (secondary N) is 1. The first kappa shape index (κ1) is 15.4. The number of aryl methyl sites for hydroxylation is 1. The third kappa shape index (κ3) is 2.51. The van der Waals surface area contributed by atoms with Gasteiger partial charge in [0.2, 0.25) is 10.0 Å². The van der Waals surface area contributed by atoms with Crippen molar-refractivity contribution in [2.45, 2.75) is 37.8 Å². The molecule has 118 valence electrons. The van der Waals surface area contributed by atoms with Crippen LogP contribution in [0.5, 0.6) is 0 Å². The van der Waals surface area contributed by atoms with Gasteiger partial charge in [-0.15, -0.1) is 0 Å². The lowest BCUT2D eigenvalue weighted by molar-refractivity contribution is 0.233. The van der Waals surface area contributed by atoms with E-state index >= 15 is 0 Å². The van der Waals surface area contributed by atoms with Crippen LogP contribution >= 0.6 is 0 Å². The number of fused-ring (bicyclic) bond motifs is 1. The summed E-state index contributed by atoms with van der Waals surface area (Å²) in [6.07, 6.45) is 1.71. The van der Waals surface area contributed by atoms with Gasteiger partial charge in [-0.25, -0.2) is 8.42 Å². The van der Waals surface area contributed by atoms with Gasteiger partial charge in [-0.1, -0.05) is 12.1 Å². The van der Waals surface area contributed by atoms with Crippen molar-refractivity contribution in [3.8, 4) is 0 Å². The smallest absolute Gasteiger partial charge is 0.245 e. The fraction of sp³-hybridized carbons (Fsp3) is 0.438. The van der Waals surface area contributed by atoms with Gasteiger partial charge in [-0.3, -0.25) is 4.98 Å². The molecule has 0 aliphatic carbocycles. The van der Waals surface area contributed by atoms with Crippen LogP contribution < -0.4 is 5.32 Å². The molecule has 1 saturated heterocycles. The fourth-order valence-electron chi connectivity index (χ4n) is 2.94. The van der Waals surface area contributed by atoms with E-state index in [9.17, 15) is 8.42 Å². The minimum Gasteiger partial charge on any atom is -0.311 e. The molecule has 1 aromatic carbocycles. The van der Waals surface area contributed by atoms with E-state index < -0.39 is 10.0 Å². The molecule has 2 atom stereocenters. The summed E-state index contributed by atoms with van der Waals surface area (Å²) in [4.78, 5) is 4.66. The molecule has 1 aliphatic rings. The van der Waals surface area contributed by atoms with Crippen LogP contribution in [0.4, 0.5) is 0 Å². The largest absolute Gasteiger partial charge is 0.311 e. The highest BCUT2D eigenvalue weighted by Crippen LogP contribution is 2.27. The zero-order valence-corrected chi connectivity index (χ0v) is 13.9. The van der Waals surface area contributed by atoms with Crippen molar-refractivity contribution in [3.05, 3.63) is 36.0 Å². The molecule has 0 bridgehead atoms. The molecule has 0 amide bonds. The van der Waals surface area contributed by atoms with Crippen LogP contribution in [0, 0.1) is 6.92 Å². The number of hydrogen-bond donors (Lipinski definition) is 1. The van der Waals surface area contributed by atoms with E-state index in [1.807, 2.05) is 32.9 Å². The molecule has 2 unspecified atom stereocenters. The summed E-state index contributed by atoms with van der Waals surface area (Å²) in [5.74, 6) is 0. The number of benzene rings is 1. The first-order valence-corrected chi connectivity index (χ1v) is 8.96. The first-order chi connectivity index (χ1) is 10.4. The van der Waals surface area contributed by atoms with Crippen molar-refractivity contribution < 1.29 is 8.42 Å². The summed E-state index contributed by atoms with van der Waals surface area (Å²) >= 11 is 0. The number of sulfonamides is 1. The van der Waals surface area contributed by atoms with Crippen LogP contribution in [0.1, 0.15) is 19.4 Å². The molecule has 1 fully saturated rings. The Morgan fingerprint density at radius 1 is 1.32 bits per heavy atom. The Morgan fingerprint density at radius 2 is 2.09 bits per heavy atom. The number of hydrogen-bond acceptors (Lipinski definition) is 4. The molecule has 0 saturated carbocycles. The van der Waals surface area contributed by atoms with Gasteiger partial charge in [-0.2, -0.15) is 4.31 Å². The maximum atomic E-state index is 13.1. The number of para-hydroxylation sites is 1. The predicted octanol–water partition coefficient (Wildman–Crippen LogP) is 1.91. The van der Waals surface area contributed by atoms with Gasteiger partial charge in [0.15, 0.2) is 0 Å². The Hall–Kier alpha value is -1.50. The zero-order chi connectivity index (χ0) is 15.9. The van der Waals surface area contributed by atoms with E-state index in [-0.39, 0.29) is 12.1 Å². The van der Waals surface area contributed by atoms with Crippen molar-refractivity contribution in [3.63, 3.8) is 0 Å². The molecule has 2 aromatic rings. The maximum Gasteiger partial charge on any atom is 0.245 e. The molecule has 2 heterocycles. The molecule has 1 aliphatic heterocycles. The second-order valence-corrected chi connectivity index (χ2v) is 7.80. The molecule has 3 rings (SSSR count). The van der Waals surface area contributed by atoms with Gasteiger partial charge in [0.1, 0.15) is 4.90 Å². The van der Waals surface area contributed by atoms with Crippen molar-refractivity contribution in [1.82, 2.24) is 14.6 Å². The first-order valence-electron chi connectivity index (χ1n) is 7.52. The molecule has 6 heteroatoms. The van der Waals surface area contributed by atoms with E-state index in [0.29, 0.717) is 23.5 Å². The highest BCUT2D eigenvalue weighted by molar-refractivity contribution is 7.89. The van der Waals surface area contributed by atoms with E-state index in [1.165, 1.54) is 0 Å². The van der Waals surface area contributed by atoms with E-state index in [4.69, 9.17) is 0 Å². The average molecular weight is 319 g/mol. The quantitative estimate of drug-likeness (QED) is 0.918. The van der Waals surface area contributed by atoms with Gasteiger partial charge in [0.25, 0.3) is 0 Å². The van der Waals surface area contributed by atoms with Crippen LogP contribution in [-0.4, -0.2) is 42.9 Å². The second kappa shape index (κ2) is 5.61. The number of aromatic nitrogens is 1. The summed E-state index contributed by atoms with van der Waals surface area (Å²) in [5.41, 5.74) is 1.57. The van der Waals surface area contributed by atoms with Gasteiger partial charge < -0.3 is 5.32 Å². The molecule has 5 nitrogen and oxygen atoms in total. The van der Waals surface area contributed by atoms with Gasteiger partial charge in [0, 0.05) is 36.8 Å². The third-order valence-electron chi connectivity index (χ3n) is 4.37. The van der Waals surface area contributed by atoms with Gasteiger partial charge in [0.05, 0.1) is 5.52 Å². The Labute approximate surface area is 131 Å². The molecule has 1 aromatic heterocycles. The molecule has 1 N–H and O–H groups in total. The number of nitrogens with zero attached hydrogens (tertiary/aromatic N) is 2. The molecule has 0 spiro atoms. The van der Waals surface area contributed by atoms with E-state index in [1.54, 1.807) is 22.6 Å². The maximum absolute atomic E-state index is 13.1. The summed E-state index contributed by atoms with van der Waals surface area (Å²) in [6, 6.07) is 7.35. The Morgan fingerprint density at radius 3 is 2.86 bits per heavy atom. The zero-order valence-electron chi connectivity index (χ0n) is 13.1. The van der Waals surface area contributed by atoms with Crippen LogP contribution in [0.2, 0.25) is 0 Å². The number of piperazine rings is 1. The van der Waals surface area contributed by atoms with Crippen molar-refractivity contribution in [2.24, 2.45) is 0 Å². The van der Waals surface area contributed by atoms with Crippen molar-refractivity contribution >= 4 is 20.9 Å². The summed E-state index contributed by atoms with van der Waals surface area (Å²) in [6.45, 7) is 7.06. The van der Waals surface area contributed by atoms with E-state index in [2.05, 4.69) is 10.3 Å². The fourth-order valence-corrected chi connectivity index (χ4v) is 4.81. The second-order valence-electron chi connectivity index (χ2n) is 5.94. The van der Waals surface area contributed by atoms with E-state index in [0.717, 1.165) is 10.9 Å². The van der Waals surface area contributed by atoms with Gasteiger partial charge in [-0.05, 0) is 38.5 Å². The number of rotatable bonds is 2. The van der Waals surface area contributed by atoms with Crippen molar-refractivity contribution in [2.75, 3.05) is 13.1 Å². The summed E-state index contributed by atoms with van der Waals surface area (Å²) < 4.78 is 27.8. The Kier molecular flexibility index (Phi) is 3.92. The molecule has 22 heavy (non-hydrogen) atoms. The van der Waals surface area contributed by atoms with Crippen LogP contribution in [0.15, 0.2) is 35.4 Å². The molecular formula is C16H21N3O2S. The third-order valence-corrected chi connectivity index (χ3v) is 6.39. The van der Waals surface area contributed by atoms with Crippen LogP contribution in [0.25, 0.3) is 10.9 Å². The predicted molar refractivity (Wildman–Crippen MR) is 87.3 cm³/mol. The normalized spacial score (nSPS) is 23.8. The topological polar surface area (TPSA) is 62.3 Å². The minimum absolute atomic E-state index is 0.0838. The Balaban J connectivity index is 2.13. The monoisotopic (exact) mass is 319 g/mol. The lowest BCUT2D eigenvalue weighted by Crippen LogP contribution is -2.57. The lowest BCUT2D eigenvalue weighted by atomic mass is 10.1. The lowest BCUT2D eigenvalue weighted by Gasteiger charge is -2.37. The highest BCUT2D eigenvalue weighted by atomic mass is 32.2. The SMILES string of the molecule is Cc1cnc2c(S(=O)(=O)N3CCNC(C)C3C)cccc2c1. The summed E-state index contributed by atoms with van der Waals surface area (Å²) in [5, 5.41) is 4.17. The number of pyridine rings is 1.